The summed E-state index contributed by atoms with van der Waals surface area (Å²) in [5.74, 6) is 0. The third-order valence-electron chi connectivity index (χ3n) is 12.5. The zero-order valence-corrected chi connectivity index (χ0v) is 34.2. The third-order valence-corrected chi connectivity index (χ3v) is 13.7. The molecule has 0 fully saturated rings. The van der Waals surface area contributed by atoms with E-state index in [1.165, 1.54) is 97.0 Å². The van der Waals surface area contributed by atoms with Crippen LogP contribution < -0.4 is 4.90 Å². The van der Waals surface area contributed by atoms with Crippen molar-refractivity contribution in [2.45, 2.75) is 6.42 Å². The van der Waals surface area contributed by atoms with Crippen LogP contribution in [-0.2, 0) is 6.42 Å². The van der Waals surface area contributed by atoms with Gasteiger partial charge >= 0.3 is 0 Å². The van der Waals surface area contributed by atoms with Gasteiger partial charge in [0.1, 0.15) is 0 Å². The monoisotopic (exact) mass is 793 g/mol. The second-order valence-electron chi connectivity index (χ2n) is 16.0. The van der Waals surface area contributed by atoms with Gasteiger partial charge in [-0.3, -0.25) is 0 Å². The van der Waals surface area contributed by atoms with E-state index < -0.39 is 0 Å². The fraction of sp³-hybridized carbons (Fsp3) is 0.0169. The third kappa shape index (κ3) is 6.07. The van der Waals surface area contributed by atoms with Gasteiger partial charge in [0.05, 0.1) is 0 Å². The highest BCUT2D eigenvalue weighted by atomic mass is 32.1. The van der Waals surface area contributed by atoms with Gasteiger partial charge in [-0.1, -0.05) is 170 Å². The fourth-order valence-electron chi connectivity index (χ4n) is 9.60. The van der Waals surface area contributed by atoms with E-state index in [4.69, 9.17) is 0 Å². The highest BCUT2D eigenvalue weighted by Crippen LogP contribution is 2.44. The number of nitrogens with zero attached hydrogens (tertiary/aromatic N) is 1. The molecule has 1 aliphatic carbocycles. The first kappa shape index (κ1) is 35.4. The highest BCUT2D eigenvalue weighted by Gasteiger charge is 2.19. The Hall–Kier alpha value is -7.52. The first-order chi connectivity index (χ1) is 30.2. The van der Waals surface area contributed by atoms with Gasteiger partial charge in [-0.25, -0.2) is 0 Å². The molecule has 286 valence electrons. The zero-order chi connectivity index (χ0) is 40.3. The van der Waals surface area contributed by atoms with Crippen molar-refractivity contribution in [1.29, 1.82) is 0 Å². The van der Waals surface area contributed by atoms with E-state index in [1.54, 1.807) is 0 Å². The summed E-state index contributed by atoms with van der Waals surface area (Å²) in [6.07, 6.45) is 9.84. The number of rotatable bonds is 6. The van der Waals surface area contributed by atoms with Crippen molar-refractivity contribution in [3.8, 4) is 33.4 Å². The molecule has 0 aliphatic heterocycles. The lowest BCUT2D eigenvalue weighted by Crippen LogP contribution is -2.09. The van der Waals surface area contributed by atoms with Crippen molar-refractivity contribution >= 4 is 87.7 Å². The van der Waals surface area contributed by atoms with Gasteiger partial charge < -0.3 is 4.90 Å². The minimum Gasteiger partial charge on any atom is -0.310 e. The van der Waals surface area contributed by atoms with Crippen LogP contribution in [0.5, 0.6) is 0 Å². The molecule has 0 amide bonds. The van der Waals surface area contributed by atoms with Crippen molar-refractivity contribution in [3.05, 3.63) is 229 Å². The summed E-state index contributed by atoms with van der Waals surface area (Å²) in [6.45, 7) is 0. The number of anilines is 3. The molecule has 2 heteroatoms. The van der Waals surface area contributed by atoms with Crippen LogP contribution in [0.15, 0.2) is 218 Å². The SMILES string of the molecule is C1=CCc2sc3ccc(N(c4ccc(-c5ccccc5-c5cc6ccccc6c6ccccc56)cc4)c4ccc(-c5cc6ccccc6c6ccccc56)cc4)cc3c2C=C1. The molecular formula is C59H39NS. The summed E-state index contributed by atoms with van der Waals surface area (Å²) in [5.41, 5.74) is 12.0. The Bertz CT molecular complexity index is 3550. The predicted octanol–water partition coefficient (Wildman–Crippen LogP) is 17.1. The molecule has 0 N–H and O–H groups in total. The molecule has 1 aromatic heterocycles. The normalized spacial score (nSPS) is 12.4. The van der Waals surface area contributed by atoms with Crippen molar-refractivity contribution in [3.63, 3.8) is 0 Å². The Morgan fingerprint density at radius 3 is 1.52 bits per heavy atom. The molecule has 12 rings (SSSR count). The van der Waals surface area contributed by atoms with Crippen LogP contribution in [0.25, 0.3) is 92.6 Å². The molecule has 11 aromatic rings. The summed E-state index contributed by atoms with van der Waals surface area (Å²) in [7, 11) is 0. The maximum atomic E-state index is 2.41. The first-order valence-corrected chi connectivity index (χ1v) is 21.9. The lowest BCUT2D eigenvalue weighted by Gasteiger charge is -2.26. The second kappa shape index (κ2) is 14.6. The quantitative estimate of drug-likeness (QED) is 0.152. The smallest absolute Gasteiger partial charge is 0.0468 e. The summed E-state index contributed by atoms with van der Waals surface area (Å²) < 4.78 is 1.32. The van der Waals surface area contributed by atoms with Crippen LogP contribution in [0.4, 0.5) is 17.1 Å². The molecule has 0 unspecified atom stereocenters. The molecule has 0 bridgehead atoms. The van der Waals surface area contributed by atoms with E-state index in [-0.39, 0.29) is 0 Å². The van der Waals surface area contributed by atoms with E-state index >= 15 is 0 Å². The molecule has 1 nitrogen and oxygen atoms in total. The lowest BCUT2D eigenvalue weighted by molar-refractivity contribution is 1.29. The number of allylic oxidation sites excluding steroid dienone is 3. The number of hydrogen-bond donors (Lipinski definition) is 0. The van der Waals surface area contributed by atoms with Crippen LogP contribution in [0.1, 0.15) is 10.4 Å². The minimum atomic E-state index is 0.962. The summed E-state index contributed by atoms with van der Waals surface area (Å²) in [4.78, 5) is 3.83. The second-order valence-corrected chi connectivity index (χ2v) is 17.1. The van der Waals surface area contributed by atoms with Gasteiger partial charge in [0.25, 0.3) is 0 Å². The topological polar surface area (TPSA) is 3.24 Å². The Balaban J connectivity index is 0.985. The Morgan fingerprint density at radius 2 is 0.869 bits per heavy atom. The molecule has 1 heterocycles. The average Bonchev–Trinajstić information content (AvgIpc) is 3.50. The Morgan fingerprint density at radius 1 is 0.361 bits per heavy atom. The Kier molecular flexibility index (Phi) is 8.50. The molecule has 0 spiro atoms. The van der Waals surface area contributed by atoms with Crippen molar-refractivity contribution in [2.24, 2.45) is 0 Å². The van der Waals surface area contributed by atoms with Crippen molar-refractivity contribution in [2.75, 3.05) is 4.90 Å². The van der Waals surface area contributed by atoms with E-state index in [1.807, 2.05) is 11.3 Å². The van der Waals surface area contributed by atoms with Crippen LogP contribution in [0.2, 0.25) is 0 Å². The molecule has 1 aliphatic rings. The van der Waals surface area contributed by atoms with E-state index in [2.05, 4.69) is 229 Å². The standard InChI is InChI=1S/C59H39NS/c1-2-24-54-57-38-45(34-35-59(57)61-58(54)25-3-1)60(44-32-28-40(29-33-44)55-36-41-14-4-6-17-47(41)49-19-10-12-22-52(49)55)43-30-26-39(27-31-43)46-16-8-9-21-51(46)56-37-42-15-5-7-18-48(42)50-20-11-13-23-53(50)56/h1-24,26-38H,25H2. The molecule has 0 saturated heterocycles. The van der Waals surface area contributed by atoms with Crippen LogP contribution in [0.3, 0.4) is 0 Å². The van der Waals surface area contributed by atoms with E-state index in [9.17, 15) is 0 Å². The van der Waals surface area contributed by atoms with Gasteiger partial charge in [-0.15, -0.1) is 11.3 Å². The highest BCUT2D eigenvalue weighted by molar-refractivity contribution is 7.19. The number of hydrogen-bond acceptors (Lipinski definition) is 2. The number of thiophene rings is 1. The molecule has 0 radical (unpaired) electrons. The van der Waals surface area contributed by atoms with Gasteiger partial charge in [-0.2, -0.15) is 0 Å². The fourth-order valence-corrected chi connectivity index (χ4v) is 10.7. The number of benzene rings is 10. The molecule has 0 atom stereocenters. The van der Waals surface area contributed by atoms with Gasteiger partial charge in [-0.05, 0) is 137 Å². The maximum absolute atomic E-state index is 2.41. The molecule has 61 heavy (non-hydrogen) atoms. The molecule has 10 aromatic carbocycles. The molecule has 0 saturated carbocycles. The first-order valence-electron chi connectivity index (χ1n) is 21.1. The van der Waals surface area contributed by atoms with Crippen LogP contribution in [-0.4, -0.2) is 0 Å². The summed E-state index contributed by atoms with van der Waals surface area (Å²) in [6, 6.07) is 73.9. The largest absolute Gasteiger partial charge is 0.310 e. The predicted molar refractivity (Wildman–Crippen MR) is 265 cm³/mol. The van der Waals surface area contributed by atoms with Crippen molar-refractivity contribution in [1.82, 2.24) is 0 Å². The lowest BCUT2D eigenvalue weighted by atomic mass is 9.89. The van der Waals surface area contributed by atoms with Crippen LogP contribution >= 0.6 is 11.3 Å². The van der Waals surface area contributed by atoms with E-state index in [0.717, 1.165) is 23.5 Å². The number of fused-ring (bicyclic) bond motifs is 9. The summed E-state index contributed by atoms with van der Waals surface area (Å²) in [5, 5.41) is 11.5. The average molecular weight is 794 g/mol. The maximum Gasteiger partial charge on any atom is 0.0468 e. The zero-order valence-electron chi connectivity index (χ0n) is 33.4. The minimum absolute atomic E-state index is 0.962. The van der Waals surface area contributed by atoms with Gasteiger partial charge in [0, 0.05) is 38.4 Å². The van der Waals surface area contributed by atoms with Gasteiger partial charge in [0.15, 0.2) is 0 Å². The summed E-state index contributed by atoms with van der Waals surface area (Å²) >= 11 is 1.91. The van der Waals surface area contributed by atoms with E-state index in [0.29, 0.717) is 0 Å². The van der Waals surface area contributed by atoms with Gasteiger partial charge in [0.2, 0.25) is 0 Å². The van der Waals surface area contributed by atoms with Crippen molar-refractivity contribution < 1.29 is 0 Å². The Labute approximate surface area is 359 Å². The molecular weight excluding hydrogens is 755 g/mol. The van der Waals surface area contributed by atoms with Crippen LogP contribution in [0, 0.1) is 0 Å².